The van der Waals surface area contributed by atoms with Crippen molar-refractivity contribution in [3.8, 4) is 0 Å². The Morgan fingerprint density at radius 1 is 0.800 bits per heavy atom. The number of anilines is 1. The fourth-order valence-electron chi connectivity index (χ4n) is 1.22. The minimum Gasteiger partial charge on any atom is -0.301 e. The molecule has 0 heterocycles. The lowest BCUT2D eigenvalue weighted by Crippen LogP contribution is -2.03. The molecule has 3 heteroatoms. The monoisotopic (exact) mass is 217 g/mol. The topological polar surface area (TPSA) is 29.1 Å². The highest BCUT2D eigenvalue weighted by molar-refractivity contribution is 7.86. The second kappa shape index (κ2) is 4.75. The number of hydrogen-bond donors (Lipinski definition) is 1. The summed E-state index contributed by atoms with van der Waals surface area (Å²) in [6, 6.07) is 18.9. The van der Waals surface area contributed by atoms with E-state index in [-0.39, 0.29) is 0 Å². The Kier molecular flexibility index (Phi) is 3.15. The molecule has 0 amide bonds. The number of hydrogen-bond acceptors (Lipinski definition) is 1. The molecule has 0 aliphatic heterocycles. The van der Waals surface area contributed by atoms with Gasteiger partial charge in [-0.3, -0.25) is 0 Å². The van der Waals surface area contributed by atoms with Gasteiger partial charge in [0.25, 0.3) is 0 Å². The van der Waals surface area contributed by atoms with Crippen LogP contribution in [0.15, 0.2) is 65.6 Å². The van der Waals surface area contributed by atoms with E-state index >= 15 is 0 Å². The number of rotatable bonds is 3. The summed E-state index contributed by atoms with van der Waals surface area (Å²) in [4.78, 5) is 0.779. The molecule has 2 rings (SSSR count). The van der Waals surface area contributed by atoms with Crippen LogP contribution in [0.25, 0.3) is 0 Å². The summed E-state index contributed by atoms with van der Waals surface area (Å²) in [5, 5.41) is 0. The van der Waals surface area contributed by atoms with Gasteiger partial charge in [0.15, 0.2) is 0 Å². The van der Waals surface area contributed by atoms with Crippen LogP contribution in [-0.4, -0.2) is 4.21 Å². The first-order chi connectivity index (χ1) is 7.36. The van der Waals surface area contributed by atoms with Crippen molar-refractivity contribution in [1.82, 2.24) is 0 Å². The fourth-order valence-corrected chi connectivity index (χ4v) is 2.09. The van der Waals surface area contributed by atoms with Crippen LogP contribution in [0.2, 0.25) is 0 Å². The second-order valence-electron chi connectivity index (χ2n) is 3.05. The van der Waals surface area contributed by atoms with E-state index in [0.29, 0.717) is 0 Å². The first kappa shape index (κ1) is 9.93. The SMILES string of the molecule is O=[S@@](Nc1ccccc1)c1ccccc1. The maximum Gasteiger partial charge on any atom is 0.150 e. The minimum absolute atomic E-state index is 0.779. The molecule has 0 spiro atoms. The van der Waals surface area contributed by atoms with Crippen LogP contribution < -0.4 is 4.72 Å². The van der Waals surface area contributed by atoms with E-state index in [2.05, 4.69) is 4.72 Å². The van der Waals surface area contributed by atoms with Crippen molar-refractivity contribution in [2.45, 2.75) is 4.90 Å². The molecule has 2 nitrogen and oxygen atoms in total. The Hall–Kier alpha value is -1.61. The molecule has 0 saturated carbocycles. The van der Waals surface area contributed by atoms with Crippen LogP contribution in [0, 0.1) is 0 Å². The fraction of sp³-hybridized carbons (Fsp3) is 0. The molecule has 1 atom stereocenters. The van der Waals surface area contributed by atoms with Gasteiger partial charge in [-0.05, 0) is 24.3 Å². The standard InChI is InChI=1S/C12H11NOS/c14-15(12-9-5-2-6-10-12)13-11-7-3-1-4-8-11/h1-10,13H/t15-/m1/s1. The smallest absolute Gasteiger partial charge is 0.150 e. The van der Waals surface area contributed by atoms with Crippen LogP contribution in [0.4, 0.5) is 5.69 Å². The van der Waals surface area contributed by atoms with E-state index in [1.54, 1.807) is 0 Å². The van der Waals surface area contributed by atoms with Crippen molar-refractivity contribution < 1.29 is 4.21 Å². The number of nitrogens with one attached hydrogen (secondary N) is 1. The van der Waals surface area contributed by atoms with E-state index in [1.165, 1.54) is 0 Å². The molecule has 0 aromatic heterocycles. The Labute approximate surface area is 91.5 Å². The van der Waals surface area contributed by atoms with Crippen molar-refractivity contribution >= 4 is 16.7 Å². The van der Waals surface area contributed by atoms with Crippen LogP contribution in [-0.2, 0) is 11.0 Å². The van der Waals surface area contributed by atoms with Gasteiger partial charge in [0.2, 0.25) is 0 Å². The van der Waals surface area contributed by atoms with Gasteiger partial charge in [0.05, 0.1) is 4.90 Å². The highest BCUT2D eigenvalue weighted by atomic mass is 32.2. The predicted molar refractivity (Wildman–Crippen MR) is 62.9 cm³/mol. The molecule has 0 unspecified atom stereocenters. The molecule has 2 aromatic rings. The third-order valence-corrected chi connectivity index (χ3v) is 3.06. The quantitative estimate of drug-likeness (QED) is 0.841. The van der Waals surface area contributed by atoms with Crippen molar-refractivity contribution in [2.24, 2.45) is 0 Å². The third kappa shape index (κ3) is 2.67. The Bertz CT molecular complexity index is 442. The normalized spacial score (nSPS) is 12.0. The zero-order valence-electron chi connectivity index (χ0n) is 8.09. The Balaban J connectivity index is 2.12. The predicted octanol–water partition coefficient (Wildman–Crippen LogP) is 2.82. The summed E-state index contributed by atoms with van der Waals surface area (Å²) in [6.45, 7) is 0. The molecule has 0 bridgehead atoms. The molecule has 0 saturated heterocycles. The van der Waals surface area contributed by atoms with Gasteiger partial charge < -0.3 is 4.72 Å². The summed E-state index contributed by atoms with van der Waals surface area (Å²) in [5.74, 6) is 0. The lowest BCUT2D eigenvalue weighted by molar-refractivity contribution is 0.686. The summed E-state index contributed by atoms with van der Waals surface area (Å²) in [5.41, 5.74) is 0.861. The van der Waals surface area contributed by atoms with Gasteiger partial charge in [-0.15, -0.1) is 0 Å². The van der Waals surface area contributed by atoms with Crippen molar-refractivity contribution in [2.75, 3.05) is 4.72 Å². The van der Waals surface area contributed by atoms with Crippen LogP contribution >= 0.6 is 0 Å². The second-order valence-corrected chi connectivity index (χ2v) is 4.26. The molecule has 15 heavy (non-hydrogen) atoms. The zero-order valence-corrected chi connectivity index (χ0v) is 8.91. The van der Waals surface area contributed by atoms with Gasteiger partial charge in [-0.2, -0.15) is 0 Å². The largest absolute Gasteiger partial charge is 0.301 e. The third-order valence-electron chi connectivity index (χ3n) is 1.94. The van der Waals surface area contributed by atoms with E-state index < -0.39 is 11.0 Å². The Morgan fingerprint density at radius 3 is 1.93 bits per heavy atom. The van der Waals surface area contributed by atoms with E-state index in [0.717, 1.165) is 10.6 Å². The van der Waals surface area contributed by atoms with Crippen LogP contribution in [0.1, 0.15) is 0 Å². The molecule has 1 N–H and O–H groups in total. The molecular formula is C12H11NOS. The van der Waals surface area contributed by atoms with Crippen molar-refractivity contribution in [1.29, 1.82) is 0 Å². The molecular weight excluding hydrogens is 206 g/mol. The molecule has 0 aliphatic carbocycles. The highest BCUT2D eigenvalue weighted by Crippen LogP contribution is 2.11. The summed E-state index contributed by atoms with van der Waals surface area (Å²) in [6.07, 6.45) is 0. The van der Waals surface area contributed by atoms with Gasteiger partial charge in [-0.1, -0.05) is 36.4 Å². The van der Waals surface area contributed by atoms with Crippen molar-refractivity contribution in [3.63, 3.8) is 0 Å². The van der Waals surface area contributed by atoms with Gasteiger partial charge >= 0.3 is 0 Å². The average Bonchev–Trinajstić information content (AvgIpc) is 2.31. The zero-order chi connectivity index (χ0) is 10.5. The van der Waals surface area contributed by atoms with Gasteiger partial charge in [-0.25, -0.2) is 4.21 Å². The Morgan fingerprint density at radius 2 is 1.33 bits per heavy atom. The summed E-state index contributed by atoms with van der Waals surface area (Å²) in [7, 11) is -1.18. The minimum atomic E-state index is -1.18. The van der Waals surface area contributed by atoms with E-state index in [4.69, 9.17) is 0 Å². The maximum absolute atomic E-state index is 11.8. The maximum atomic E-state index is 11.8. The van der Waals surface area contributed by atoms with Gasteiger partial charge in [0.1, 0.15) is 11.0 Å². The molecule has 2 aromatic carbocycles. The first-order valence-electron chi connectivity index (χ1n) is 4.65. The molecule has 0 radical (unpaired) electrons. The lowest BCUT2D eigenvalue weighted by atomic mass is 10.3. The molecule has 0 fully saturated rings. The van der Waals surface area contributed by atoms with E-state index in [1.807, 2.05) is 60.7 Å². The lowest BCUT2D eigenvalue weighted by Gasteiger charge is -2.04. The number of para-hydroxylation sites is 1. The number of benzene rings is 2. The van der Waals surface area contributed by atoms with Gasteiger partial charge in [0, 0.05) is 5.69 Å². The first-order valence-corrected chi connectivity index (χ1v) is 5.80. The van der Waals surface area contributed by atoms with Crippen molar-refractivity contribution in [3.05, 3.63) is 60.7 Å². The highest BCUT2D eigenvalue weighted by Gasteiger charge is 2.01. The molecule has 76 valence electrons. The molecule has 0 aliphatic rings. The van der Waals surface area contributed by atoms with E-state index in [9.17, 15) is 4.21 Å². The summed E-state index contributed by atoms with van der Waals surface area (Å²) < 4.78 is 14.7. The average molecular weight is 217 g/mol. The summed E-state index contributed by atoms with van der Waals surface area (Å²) >= 11 is 0. The van der Waals surface area contributed by atoms with Crippen LogP contribution in [0.3, 0.4) is 0 Å². The van der Waals surface area contributed by atoms with Crippen LogP contribution in [0.5, 0.6) is 0 Å².